The van der Waals surface area contributed by atoms with Gasteiger partial charge in [0.1, 0.15) is 11.9 Å². The van der Waals surface area contributed by atoms with Crippen LogP contribution in [0.1, 0.15) is 11.7 Å². The van der Waals surface area contributed by atoms with Gasteiger partial charge in [0.25, 0.3) is 0 Å². The Morgan fingerprint density at radius 1 is 1.44 bits per heavy atom. The van der Waals surface area contributed by atoms with Gasteiger partial charge in [-0.2, -0.15) is 0 Å². The molecule has 1 N–H and O–H groups in total. The van der Waals surface area contributed by atoms with Gasteiger partial charge in [-0.05, 0) is 17.7 Å². The first-order chi connectivity index (χ1) is 12.1. The molecule has 0 spiro atoms. The maximum absolute atomic E-state index is 13.0. The van der Waals surface area contributed by atoms with Crippen LogP contribution >= 0.6 is 11.8 Å². The summed E-state index contributed by atoms with van der Waals surface area (Å²) in [5, 5.41) is 3.86. The summed E-state index contributed by atoms with van der Waals surface area (Å²) in [5.74, 6) is 0.474. The number of aromatic nitrogens is 2. The Bertz CT molecular complexity index is 707. The van der Waals surface area contributed by atoms with Gasteiger partial charge in [-0.1, -0.05) is 23.9 Å². The number of nitrogens with zero attached hydrogens (tertiary/aromatic N) is 3. The van der Waals surface area contributed by atoms with E-state index in [1.807, 2.05) is 17.8 Å². The Morgan fingerprint density at radius 2 is 2.24 bits per heavy atom. The van der Waals surface area contributed by atoms with E-state index < -0.39 is 0 Å². The molecule has 8 heteroatoms. The van der Waals surface area contributed by atoms with Crippen LogP contribution in [0.5, 0.6) is 0 Å². The van der Waals surface area contributed by atoms with E-state index in [-0.39, 0.29) is 18.0 Å². The standard InChI is InChI=1S/C17H21FN4O2S/c1-21-8-6-20-17(21)25-11-7-19-16(23)22-9-10-24-15(12-22)13-2-4-14(18)5-3-13/h2-6,8,15H,7,9-12H2,1H3,(H,19,23). The molecule has 25 heavy (non-hydrogen) atoms. The van der Waals surface area contributed by atoms with Gasteiger partial charge in [0.05, 0.1) is 13.2 Å². The van der Waals surface area contributed by atoms with Crippen molar-refractivity contribution in [2.24, 2.45) is 7.05 Å². The zero-order chi connectivity index (χ0) is 17.6. The van der Waals surface area contributed by atoms with E-state index >= 15 is 0 Å². The number of thioether (sulfide) groups is 1. The van der Waals surface area contributed by atoms with Crippen LogP contribution in [0, 0.1) is 5.82 Å². The second kappa shape index (κ2) is 8.35. The van der Waals surface area contributed by atoms with Gasteiger partial charge in [-0.3, -0.25) is 0 Å². The van der Waals surface area contributed by atoms with Crippen molar-refractivity contribution in [1.82, 2.24) is 19.8 Å². The first-order valence-corrected chi connectivity index (χ1v) is 9.12. The minimum absolute atomic E-state index is 0.101. The third kappa shape index (κ3) is 4.73. The summed E-state index contributed by atoms with van der Waals surface area (Å²) in [5.41, 5.74) is 0.879. The van der Waals surface area contributed by atoms with Gasteiger partial charge in [0, 0.05) is 38.3 Å². The monoisotopic (exact) mass is 364 g/mol. The number of amides is 2. The van der Waals surface area contributed by atoms with E-state index in [9.17, 15) is 9.18 Å². The van der Waals surface area contributed by atoms with E-state index in [2.05, 4.69) is 10.3 Å². The largest absolute Gasteiger partial charge is 0.370 e. The lowest BCUT2D eigenvalue weighted by molar-refractivity contribution is -0.0153. The molecule has 134 valence electrons. The van der Waals surface area contributed by atoms with Crippen molar-refractivity contribution in [1.29, 1.82) is 0 Å². The number of urea groups is 1. The number of hydrogen-bond acceptors (Lipinski definition) is 4. The Morgan fingerprint density at radius 3 is 2.96 bits per heavy atom. The molecule has 2 aromatic rings. The second-order valence-electron chi connectivity index (χ2n) is 5.76. The van der Waals surface area contributed by atoms with Crippen molar-refractivity contribution in [3.05, 3.63) is 48.0 Å². The smallest absolute Gasteiger partial charge is 0.317 e. The summed E-state index contributed by atoms with van der Waals surface area (Å²) < 4.78 is 20.7. The van der Waals surface area contributed by atoms with Crippen molar-refractivity contribution >= 4 is 17.8 Å². The zero-order valence-electron chi connectivity index (χ0n) is 14.0. The number of morpholine rings is 1. The van der Waals surface area contributed by atoms with E-state index in [1.165, 1.54) is 12.1 Å². The first kappa shape index (κ1) is 17.8. The summed E-state index contributed by atoms with van der Waals surface area (Å²) in [6.45, 7) is 2.05. The molecule has 2 amide bonds. The number of imidazole rings is 1. The average molecular weight is 364 g/mol. The third-order valence-electron chi connectivity index (χ3n) is 3.98. The molecule has 1 fully saturated rings. The Hall–Kier alpha value is -2.06. The molecule has 6 nitrogen and oxygen atoms in total. The molecule has 3 rings (SSSR count). The van der Waals surface area contributed by atoms with Crippen LogP contribution in [0.15, 0.2) is 41.8 Å². The number of carbonyl (C=O) groups is 1. The molecule has 1 aromatic carbocycles. The van der Waals surface area contributed by atoms with Gasteiger partial charge < -0.3 is 19.5 Å². The van der Waals surface area contributed by atoms with Crippen molar-refractivity contribution in [2.45, 2.75) is 11.3 Å². The number of benzene rings is 1. The normalized spacial score (nSPS) is 17.5. The van der Waals surface area contributed by atoms with E-state index in [1.54, 1.807) is 35.0 Å². The number of rotatable bonds is 5. The van der Waals surface area contributed by atoms with Crippen molar-refractivity contribution in [3.63, 3.8) is 0 Å². The number of halogens is 1. The Balaban J connectivity index is 1.45. The number of nitrogens with one attached hydrogen (secondary N) is 1. The Labute approximate surface area is 150 Å². The van der Waals surface area contributed by atoms with Crippen LogP contribution in [0.3, 0.4) is 0 Å². The lowest BCUT2D eigenvalue weighted by atomic mass is 10.1. The lowest BCUT2D eigenvalue weighted by Gasteiger charge is -2.33. The topological polar surface area (TPSA) is 59.4 Å². The summed E-state index contributed by atoms with van der Waals surface area (Å²) in [6, 6.07) is 6.12. The Kier molecular flexibility index (Phi) is 5.93. The number of ether oxygens (including phenoxy) is 1. The van der Waals surface area contributed by atoms with Gasteiger partial charge in [-0.25, -0.2) is 14.2 Å². The molecule has 2 heterocycles. The summed E-state index contributed by atoms with van der Waals surface area (Å²) in [4.78, 5) is 18.3. The molecule has 1 aromatic heterocycles. The van der Waals surface area contributed by atoms with Crippen molar-refractivity contribution in [2.75, 3.05) is 32.0 Å². The molecule has 1 saturated heterocycles. The molecule has 0 saturated carbocycles. The van der Waals surface area contributed by atoms with Gasteiger partial charge in [0.2, 0.25) is 0 Å². The average Bonchev–Trinajstić information content (AvgIpc) is 3.04. The number of hydrogen-bond donors (Lipinski definition) is 1. The number of aryl methyl sites for hydroxylation is 1. The zero-order valence-corrected chi connectivity index (χ0v) is 14.8. The summed E-state index contributed by atoms with van der Waals surface area (Å²) >= 11 is 1.60. The van der Waals surface area contributed by atoms with E-state index in [4.69, 9.17) is 4.74 Å². The molecule has 1 atom stereocenters. The van der Waals surface area contributed by atoms with E-state index in [0.717, 1.165) is 16.5 Å². The predicted octanol–water partition coefficient (Wildman–Crippen LogP) is 2.43. The number of carbonyl (C=O) groups excluding carboxylic acids is 1. The van der Waals surface area contributed by atoms with Gasteiger partial charge in [0.15, 0.2) is 5.16 Å². The fourth-order valence-corrected chi connectivity index (χ4v) is 3.40. The van der Waals surface area contributed by atoms with Crippen LogP contribution in [0.4, 0.5) is 9.18 Å². The van der Waals surface area contributed by atoms with Gasteiger partial charge >= 0.3 is 6.03 Å². The third-order valence-corrected chi connectivity index (χ3v) is 5.04. The summed E-state index contributed by atoms with van der Waals surface area (Å²) in [7, 11) is 1.94. The molecule has 0 bridgehead atoms. The predicted molar refractivity (Wildman–Crippen MR) is 94.0 cm³/mol. The first-order valence-electron chi connectivity index (χ1n) is 8.13. The highest BCUT2D eigenvalue weighted by Crippen LogP contribution is 2.22. The summed E-state index contributed by atoms with van der Waals surface area (Å²) in [6.07, 6.45) is 3.43. The second-order valence-corrected chi connectivity index (χ2v) is 6.82. The molecular formula is C17H21FN4O2S. The van der Waals surface area contributed by atoms with Crippen LogP contribution in [-0.2, 0) is 11.8 Å². The van der Waals surface area contributed by atoms with Crippen molar-refractivity contribution in [3.8, 4) is 0 Å². The van der Waals surface area contributed by atoms with Crippen LogP contribution in [0.25, 0.3) is 0 Å². The maximum atomic E-state index is 13.0. The van der Waals surface area contributed by atoms with Crippen LogP contribution in [-0.4, -0.2) is 52.5 Å². The van der Waals surface area contributed by atoms with E-state index in [0.29, 0.717) is 26.2 Å². The lowest BCUT2D eigenvalue weighted by Crippen LogP contribution is -2.47. The fraction of sp³-hybridized carbons (Fsp3) is 0.412. The molecule has 0 aliphatic carbocycles. The molecule has 1 aliphatic heterocycles. The SMILES string of the molecule is Cn1ccnc1SCCNC(=O)N1CCOC(c2ccc(F)cc2)C1. The van der Waals surface area contributed by atoms with Crippen LogP contribution < -0.4 is 5.32 Å². The molecular weight excluding hydrogens is 343 g/mol. The highest BCUT2D eigenvalue weighted by Gasteiger charge is 2.25. The highest BCUT2D eigenvalue weighted by atomic mass is 32.2. The maximum Gasteiger partial charge on any atom is 0.317 e. The fourth-order valence-electron chi connectivity index (χ4n) is 2.62. The van der Waals surface area contributed by atoms with Crippen molar-refractivity contribution < 1.29 is 13.9 Å². The molecule has 0 radical (unpaired) electrons. The molecule has 1 unspecified atom stereocenters. The molecule has 1 aliphatic rings. The minimum Gasteiger partial charge on any atom is -0.370 e. The minimum atomic E-state index is -0.278. The quantitative estimate of drug-likeness (QED) is 0.654. The van der Waals surface area contributed by atoms with Gasteiger partial charge in [-0.15, -0.1) is 0 Å². The highest BCUT2D eigenvalue weighted by molar-refractivity contribution is 7.99. The van der Waals surface area contributed by atoms with Crippen LogP contribution in [0.2, 0.25) is 0 Å².